The van der Waals surface area contributed by atoms with Crippen LogP contribution in [0.1, 0.15) is 72.8 Å². The van der Waals surface area contributed by atoms with E-state index in [1.54, 1.807) is 20.8 Å². The van der Waals surface area contributed by atoms with Gasteiger partial charge in [0.25, 0.3) is 0 Å². The van der Waals surface area contributed by atoms with E-state index >= 15 is 0 Å². The molecular weight excluding hydrogens is 769 g/mol. The van der Waals surface area contributed by atoms with E-state index in [0.717, 1.165) is 17.3 Å². The average Bonchev–Trinajstić information content (AvgIpc) is 3.14. The number of carboxylic acid groups (broad SMARTS) is 1. The largest absolute Gasteiger partial charge is 0.481 e. The number of nitrogens with zero attached hydrogens (tertiary/aromatic N) is 1. The number of aliphatic hydroxyl groups excluding tert-OH is 4. The molecular formula is C38H58N4O12S2. The molecule has 3 amide bonds. The Morgan fingerprint density at radius 3 is 2.16 bits per heavy atom. The van der Waals surface area contributed by atoms with Crippen LogP contribution in [0.15, 0.2) is 30.3 Å². The van der Waals surface area contributed by atoms with E-state index < -0.39 is 82.1 Å². The zero-order valence-electron chi connectivity index (χ0n) is 32.9. The van der Waals surface area contributed by atoms with Gasteiger partial charge in [0.1, 0.15) is 24.4 Å². The number of carbonyl (C=O) groups is 4. The third kappa shape index (κ3) is 13.7. The van der Waals surface area contributed by atoms with Crippen molar-refractivity contribution in [3.63, 3.8) is 0 Å². The summed E-state index contributed by atoms with van der Waals surface area (Å²) in [5.41, 5.74) is -2.91. The van der Waals surface area contributed by atoms with E-state index in [2.05, 4.69) is 20.8 Å². The van der Waals surface area contributed by atoms with Gasteiger partial charge in [-0.1, -0.05) is 68.2 Å². The molecule has 16 nitrogen and oxygen atoms in total. The lowest BCUT2D eigenvalue weighted by atomic mass is 9.57. The molecule has 56 heavy (non-hydrogen) atoms. The first-order chi connectivity index (χ1) is 26.2. The molecule has 8 N–H and O–H groups in total. The van der Waals surface area contributed by atoms with E-state index in [1.807, 2.05) is 44.2 Å². The van der Waals surface area contributed by atoms with Crippen LogP contribution in [0.25, 0.3) is 4.85 Å². The predicted molar refractivity (Wildman–Crippen MR) is 212 cm³/mol. The lowest BCUT2D eigenvalue weighted by Gasteiger charge is -2.48. The summed E-state index contributed by atoms with van der Waals surface area (Å²) in [4.78, 5) is 55.2. The zero-order chi connectivity index (χ0) is 42.3. The third-order valence-electron chi connectivity index (χ3n) is 10.2. The van der Waals surface area contributed by atoms with Gasteiger partial charge >= 0.3 is 5.97 Å². The Labute approximate surface area is 338 Å². The number of carbonyl (C=O) groups excluding carboxylic acids is 3. The lowest BCUT2D eigenvalue weighted by molar-refractivity contribution is -0.272. The van der Waals surface area contributed by atoms with Gasteiger partial charge in [0, 0.05) is 39.8 Å². The van der Waals surface area contributed by atoms with Gasteiger partial charge in [0.05, 0.1) is 53.8 Å². The quantitative estimate of drug-likeness (QED) is 0.0443. The van der Waals surface area contributed by atoms with Gasteiger partial charge in [-0.25, -0.2) is 6.57 Å². The smallest absolute Gasteiger partial charge is 0.303 e. The maximum atomic E-state index is 14.4. The van der Waals surface area contributed by atoms with Gasteiger partial charge in [-0.3, -0.25) is 19.2 Å². The summed E-state index contributed by atoms with van der Waals surface area (Å²) in [6.07, 6.45) is -5.52. The normalized spacial score (nSPS) is 23.0. The van der Waals surface area contributed by atoms with E-state index in [-0.39, 0.29) is 65.2 Å². The Morgan fingerprint density at radius 2 is 1.59 bits per heavy atom. The number of nitrogens with one attached hydrogen (secondary N) is 3. The molecule has 2 rings (SSSR count). The van der Waals surface area contributed by atoms with Gasteiger partial charge in [-0.2, -0.15) is 0 Å². The number of amides is 3. The molecule has 1 aliphatic heterocycles. The van der Waals surface area contributed by atoms with Crippen molar-refractivity contribution in [1.82, 2.24) is 16.0 Å². The number of thioether (sulfide) groups is 1. The zero-order valence-corrected chi connectivity index (χ0v) is 34.5. The summed E-state index contributed by atoms with van der Waals surface area (Å²) < 4.78 is 16.1. The second kappa shape index (κ2) is 22.0. The number of benzene rings is 1. The predicted octanol–water partition coefficient (Wildman–Crippen LogP) is 1.41. The van der Waals surface area contributed by atoms with Gasteiger partial charge in [-0.15, -0.1) is 0 Å². The van der Waals surface area contributed by atoms with Gasteiger partial charge < -0.3 is 60.5 Å². The van der Waals surface area contributed by atoms with Crippen LogP contribution in [0.3, 0.4) is 0 Å². The Kier molecular flexibility index (Phi) is 19.3. The summed E-state index contributed by atoms with van der Waals surface area (Å²) >= 11 is 6.92. The van der Waals surface area contributed by atoms with Gasteiger partial charge in [0.15, 0.2) is 6.29 Å². The molecule has 0 aliphatic carbocycles. The highest BCUT2D eigenvalue weighted by atomic mass is 32.2. The maximum Gasteiger partial charge on any atom is 0.303 e. The highest BCUT2D eigenvalue weighted by Gasteiger charge is 2.56. The monoisotopic (exact) mass is 826 g/mol. The van der Waals surface area contributed by atoms with E-state index in [0.29, 0.717) is 4.20 Å². The molecule has 1 aromatic rings. The first-order valence-corrected chi connectivity index (χ1v) is 19.6. The summed E-state index contributed by atoms with van der Waals surface area (Å²) in [5.74, 6) is -2.42. The van der Waals surface area contributed by atoms with Crippen molar-refractivity contribution >= 4 is 51.9 Å². The number of rotatable bonds is 23. The molecule has 3 unspecified atom stereocenters. The summed E-state index contributed by atoms with van der Waals surface area (Å²) in [6, 6.07) is 8.05. The van der Waals surface area contributed by atoms with Gasteiger partial charge in [-0.05, 0) is 31.2 Å². The molecule has 314 valence electrons. The molecule has 8 atom stereocenters. The molecule has 1 fully saturated rings. The molecule has 0 aromatic heterocycles. The van der Waals surface area contributed by atoms with Crippen molar-refractivity contribution in [2.24, 2.45) is 10.8 Å². The minimum Gasteiger partial charge on any atom is -0.481 e. The SMILES string of the molecule is [C-]#[N+]C(C)(CCC(=O)O)CC(C)(C(=O)NCCOCCO[C@@H]1O[C@H](CO)[C@H](O)[C@H](O)[C@H]1NC(C)=O)C(C)(C)CC(C)(SC(=S)c1ccccc1)C(=O)NCCO. The number of hydrogen-bond acceptors (Lipinski definition) is 13. The molecule has 0 radical (unpaired) electrons. The second-order valence-electron chi connectivity index (χ2n) is 15.2. The summed E-state index contributed by atoms with van der Waals surface area (Å²) in [5, 5.41) is 57.2. The van der Waals surface area contributed by atoms with Crippen LogP contribution in [0.5, 0.6) is 0 Å². The number of aliphatic hydroxyl groups is 4. The first kappa shape index (κ1) is 48.9. The number of ether oxygens (including phenoxy) is 3. The molecule has 0 saturated carbocycles. The van der Waals surface area contributed by atoms with Crippen LogP contribution >= 0.6 is 24.0 Å². The lowest BCUT2D eigenvalue weighted by Crippen LogP contribution is -2.64. The topological polar surface area (TPSA) is 238 Å². The highest BCUT2D eigenvalue weighted by Crippen LogP contribution is 2.53. The van der Waals surface area contributed by atoms with Crippen molar-refractivity contribution in [3.05, 3.63) is 47.3 Å². The van der Waals surface area contributed by atoms with Crippen molar-refractivity contribution in [2.45, 2.75) is 108 Å². The highest BCUT2D eigenvalue weighted by molar-refractivity contribution is 8.25. The minimum atomic E-state index is -1.47. The molecule has 18 heteroatoms. The van der Waals surface area contributed by atoms with Crippen LogP contribution < -0.4 is 16.0 Å². The fourth-order valence-electron chi connectivity index (χ4n) is 6.71. The van der Waals surface area contributed by atoms with Crippen molar-refractivity contribution < 1.29 is 58.9 Å². The molecule has 1 heterocycles. The summed E-state index contributed by atoms with van der Waals surface area (Å²) in [7, 11) is 0. The molecule has 1 saturated heterocycles. The standard InChI is InChI=1S/C38H58N4O12S2/c1-24(45)42-28-30(49)29(48)26(21-44)54-31(28)53-20-19-52-18-16-41-33(50)37(5,23-36(4,39-7)14-13-27(46)47)35(2,3)22-38(6,34(51)40-15-17-43)56-32(55)25-11-9-8-10-12-25/h8-12,26,28-31,43-44,48-49H,13-23H2,1-6H3,(H,40,51)(H,41,50)(H,42,45)(H,46,47)/t26-,28-,29+,30-,31-,36?,37?,38?/m1/s1. The summed E-state index contributed by atoms with van der Waals surface area (Å²) in [6.45, 7) is 17.0. The molecule has 0 bridgehead atoms. The van der Waals surface area contributed by atoms with Crippen LogP contribution in [-0.2, 0) is 33.4 Å². The Hall–Kier alpha value is -3.25. The maximum absolute atomic E-state index is 14.4. The number of carboxylic acids is 1. The number of thiocarbonyl (C=S) groups is 1. The fraction of sp³-hybridized carbons (Fsp3) is 0.684. The van der Waals surface area contributed by atoms with Crippen LogP contribution in [-0.4, -0.2) is 140 Å². The fourth-order valence-corrected chi connectivity index (χ4v) is 8.66. The second-order valence-corrected chi connectivity index (χ2v) is 17.4. The Morgan fingerprint density at radius 1 is 0.946 bits per heavy atom. The third-order valence-corrected chi connectivity index (χ3v) is 11.8. The van der Waals surface area contributed by atoms with E-state index in [4.69, 9.17) is 33.0 Å². The van der Waals surface area contributed by atoms with E-state index in [9.17, 15) is 44.7 Å². The van der Waals surface area contributed by atoms with Crippen LogP contribution in [0.4, 0.5) is 0 Å². The number of aliphatic carboxylic acids is 1. The van der Waals surface area contributed by atoms with Crippen LogP contribution in [0.2, 0.25) is 0 Å². The first-order valence-electron chi connectivity index (χ1n) is 18.3. The number of hydrogen-bond donors (Lipinski definition) is 8. The van der Waals surface area contributed by atoms with Crippen molar-refractivity contribution in [1.29, 1.82) is 0 Å². The molecule has 0 spiro atoms. The van der Waals surface area contributed by atoms with Crippen molar-refractivity contribution in [3.8, 4) is 0 Å². The molecule has 1 aliphatic rings. The van der Waals surface area contributed by atoms with Crippen LogP contribution in [0, 0.1) is 17.4 Å². The van der Waals surface area contributed by atoms with Gasteiger partial charge in [0.2, 0.25) is 23.3 Å². The average molecular weight is 827 g/mol. The minimum absolute atomic E-state index is 0.000883. The molecule has 1 aromatic carbocycles. The Bertz CT molecular complexity index is 1530. The van der Waals surface area contributed by atoms with E-state index in [1.165, 1.54) is 6.92 Å². The Balaban J connectivity index is 2.26. The van der Waals surface area contributed by atoms with Crippen molar-refractivity contribution in [2.75, 3.05) is 46.1 Å².